The molecular formula is C12H15N3O2S2. The van der Waals surface area contributed by atoms with Crippen molar-refractivity contribution in [2.75, 3.05) is 5.32 Å². The van der Waals surface area contributed by atoms with Gasteiger partial charge in [0.15, 0.2) is 0 Å². The van der Waals surface area contributed by atoms with Gasteiger partial charge in [-0.3, -0.25) is 0 Å². The summed E-state index contributed by atoms with van der Waals surface area (Å²) >= 11 is 1.63. The molecule has 0 spiro atoms. The van der Waals surface area contributed by atoms with Crippen LogP contribution >= 0.6 is 11.3 Å². The van der Waals surface area contributed by atoms with Crippen molar-refractivity contribution >= 4 is 27.0 Å². The van der Waals surface area contributed by atoms with Crippen molar-refractivity contribution in [3.8, 4) is 0 Å². The van der Waals surface area contributed by atoms with Crippen LogP contribution in [0.25, 0.3) is 0 Å². The van der Waals surface area contributed by atoms with E-state index < -0.39 is 10.0 Å². The zero-order valence-electron chi connectivity index (χ0n) is 10.7. The molecule has 0 atom stereocenters. The van der Waals surface area contributed by atoms with Gasteiger partial charge in [0.25, 0.3) is 0 Å². The molecule has 0 saturated carbocycles. The van der Waals surface area contributed by atoms with Crippen molar-refractivity contribution in [2.45, 2.75) is 25.3 Å². The zero-order valence-corrected chi connectivity index (χ0v) is 12.3. The van der Waals surface area contributed by atoms with E-state index in [0.29, 0.717) is 6.54 Å². The lowest BCUT2D eigenvalue weighted by Crippen LogP contribution is -2.12. The summed E-state index contributed by atoms with van der Waals surface area (Å²) in [7, 11) is -3.66. The maximum atomic E-state index is 11.3. The van der Waals surface area contributed by atoms with Gasteiger partial charge in [-0.1, -0.05) is 6.07 Å². The number of aryl methyl sites for hydroxylation is 2. The third kappa shape index (κ3) is 3.52. The first-order valence-corrected chi connectivity index (χ1v) is 8.02. The molecule has 0 aliphatic rings. The summed E-state index contributed by atoms with van der Waals surface area (Å²) in [4.78, 5) is 5.59. The van der Waals surface area contributed by atoms with E-state index in [9.17, 15) is 8.42 Å². The second kappa shape index (κ2) is 5.28. The molecule has 2 aromatic rings. The Balaban J connectivity index is 2.14. The van der Waals surface area contributed by atoms with Crippen LogP contribution in [0.4, 0.5) is 5.69 Å². The maximum absolute atomic E-state index is 11.3. The molecule has 0 fully saturated rings. The van der Waals surface area contributed by atoms with Gasteiger partial charge in [0.05, 0.1) is 22.1 Å². The van der Waals surface area contributed by atoms with Crippen LogP contribution in [0.3, 0.4) is 0 Å². The highest BCUT2D eigenvalue weighted by Crippen LogP contribution is 2.20. The van der Waals surface area contributed by atoms with E-state index in [2.05, 4.69) is 10.3 Å². The Kier molecular flexibility index (Phi) is 3.88. The van der Waals surface area contributed by atoms with Gasteiger partial charge in [-0.15, -0.1) is 11.3 Å². The van der Waals surface area contributed by atoms with Crippen LogP contribution in [0, 0.1) is 13.8 Å². The third-order valence-electron chi connectivity index (χ3n) is 2.62. The van der Waals surface area contributed by atoms with Crippen LogP contribution in [0.15, 0.2) is 29.2 Å². The number of rotatable bonds is 4. The number of thiazole rings is 1. The lowest BCUT2D eigenvalue weighted by Gasteiger charge is -2.06. The van der Waals surface area contributed by atoms with E-state index in [1.165, 1.54) is 12.1 Å². The predicted octanol–water partition coefficient (Wildman–Crippen LogP) is 2.02. The second-order valence-electron chi connectivity index (χ2n) is 4.17. The SMILES string of the molecule is Cc1nc(C)c(CNc2cccc(S(N)(=O)=O)c2)s1. The number of benzene rings is 1. The fraction of sp³-hybridized carbons (Fsp3) is 0.250. The van der Waals surface area contributed by atoms with Gasteiger partial charge in [0.1, 0.15) is 0 Å². The van der Waals surface area contributed by atoms with E-state index in [1.54, 1.807) is 23.5 Å². The molecule has 0 unspecified atom stereocenters. The Labute approximate surface area is 116 Å². The van der Waals surface area contributed by atoms with Gasteiger partial charge in [-0.2, -0.15) is 0 Å². The minimum atomic E-state index is -3.66. The van der Waals surface area contributed by atoms with Gasteiger partial charge >= 0.3 is 0 Å². The molecule has 7 heteroatoms. The minimum Gasteiger partial charge on any atom is -0.380 e. The molecule has 1 aromatic heterocycles. The first kappa shape index (κ1) is 14.0. The van der Waals surface area contributed by atoms with Crippen molar-refractivity contribution in [2.24, 2.45) is 5.14 Å². The highest BCUT2D eigenvalue weighted by Gasteiger charge is 2.08. The summed E-state index contributed by atoms with van der Waals surface area (Å²) in [5.74, 6) is 0. The summed E-state index contributed by atoms with van der Waals surface area (Å²) in [5, 5.41) is 9.30. The Morgan fingerprint density at radius 2 is 2.11 bits per heavy atom. The first-order valence-electron chi connectivity index (χ1n) is 5.66. The molecule has 102 valence electrons. The Morgan fingerprint density at radius 1 is 1.37 bits per heavy atom. The van der Waals surface area contributed by atoms with Crippen molar-refractivity contribution < 1.29 is 8.42 Å². The number of primary sulfonamides is 1. The molecule has 5 nitrogen and oxygen atoms in total. The van der Waals surface area contributed by atoms with Crippen molar-refractivity contribution in [3.63, 3.8) is 0 Å². The Hall–Kier alpha value is -1.44. The largest absolute Gasteiger partial charge is 0.380 e. The third-order valence-corrected chi connectivity index (χ3v) is 4.60. The molecule has 0 saturated heterocycles. The number of nitrogens with two attached hydrogens (primary N) is 1. The van der Waals surface area contributed by atoms with Crippen LogP contribution in [0.2, 0.25) is 0 Å². The molecule has 0 aliphatic carbocycles. The van der Waals surface area contributed by atoms with E-state index in [4.69, 9.17) is 5.14 Å². The maximum Gasteiger partial charge on any atom is 0.238 e. The summed E-state index contributed by atoms with van der Waals surface area (Å²) in [6, 6.07) is 6.46. The highest BCUT2D eigenvalue weighted by molar-refractivity contribution is 7.89. The number of sulfonamides is 1. The number of hydrogen-bond donors (Lipinski definition) is 2. The minimum absolute atomic E-state index is 0.106. The quantitative estimate of drug-likeness (QED) is 0.904. The van der Waals surface area contributed by atoms with Gasteiger partial charge in [-0.05, 0) is 32.0 Å². The van der Waals surface area contributed by atoms with Crippen molar-refractivity contribution in [1.82, 2.24) is 4.98 Å². The fourth-order valence-corrected chi connectivity index (χ4v) is 3.14. The van der Waals surface area contributed by atoms with Crippen LogP contribution in [0.1, 0.15) is 15.6 Å². The number of hydrogen-bond acceptors (Lipinski definition) is 5. The van der Waals surface area contributed by atoms with E-state index in [-0.39, 0.29) is 4.90 Å². The molecule has 0 radical (unpaired) electrons. The van der Waals surface area contributed by atoms with Gasteiger partial charge in [0, 0.05) is 10.6 Å². The number of nitrogens with one attached hydrogen (secondary N) is 1. The Bertz CT molecular complexity index is 693. The van der Waals surface area contributed by atoms with Crippen LogP contribution in [-0.4, -0.2) is 13.4 Å². The van der Waals surface area contributed by atoms with Crippen molar-refractivity contribution in [3.05, 3.63) is 39.8 Å². The van der Waals surface area contributed by atoms with Crippen LogP contribution < -0.4 is 10.5 Å². The topological polar surface area (TPSA) is 85.1 Å². The summed E-state index contributed by atoms with van der Waals surface area (Å²) in [6.45, 7) is 4.54. The Morgan fingerprint density at radius 3 is 2.68 bits per heavy atom. The normalized spacial score (nSPS) is 11.5. The lowest BCUT2D eigenvalue weighted by atomic mass is 10.3. The van der Waals surface area contributed by atoms with E-state index >= 15 is 0 Å². The molecule has 0 bridgehead atoms. The predicted molar refractivity (Wildman–Crippen MR) is 76.7 cm³/mol. The molecule has 0 amide bonds. The molecule has 3 N–H and O–H groups in total. The molecule has 2 rings (SSSR count). The van der Waals surface area contributed by atoms with Gasteiger partial charge in [-0.25, -0.2) is 18.5 Å². The number of anilines is 1. The fourth-order valence-electron chi connectivity index (χ4n) is 1.70. The number of nitrogens with zero attached hydrogens (tertiary/aromatic N) is 1. The van der Waals surface area contributed by atoms with E-state index in [1.807, 2.05) is 13.8 Å². The monoisotopic (exact) mass is 297 g/mol. The molecule has 1 aromatic carbocycles. The van der Waals surface area contributed by atoms with Gasteiger partial charge < -0.3 is 5.32 Å². The average molecular weight is 297 g/mol. The molecule has 19 heavy (non-hydrogen) atoms. The summed E-state index contributed by atoms with van der Waals surface area (Å²) in [5.41, 5.74) is 1.72. The van der Waals surface area contributed by atoms with E-state index in [0.717, 1.165) is 21.3 Å². The number of aromatic nitrogens is 1. The smallest absolute Gasteiger partial charge is 0.238 e. The highest BCUT2D eigenvalue weighted by atomic mass is 32.2. The molecule has 0 aliphatic heterocycles. The first-order chi connectivity index (χ1) is 8.86. The lowest BCUT2D eigenvalue weighted by molar-refractivity contribution is 0.598. The molecular weight excluding hydrogens is 282 g/mol. The van der Waals surface area contributed by atoms with Crippen LogP contribution in [-0.2, 0) is 16.6 Å². The molecule has 1 heterocycles. The average Bonchev–Trinajstić information content (AvgIpc) is 2.64. The van der Waals surface area contributed by atoms with Crippen molar-refractivity contribution in [1.29, 1.82) is 0 Å². The second-order valence-corrected chi connectivity index (χ2v) is 7.02. The van der Waals surface area contributed by atoms with Gasteiger partial charge in [0.2, 0.25) is 10.0 Å². The summed E-state index contributed by atoms with van der Waals surface area (Å²) in [6.07, 6.45) is 0. The summed E-state index contributed by atoms with van der Waals surface area (Å²) < 4.78 is 22.5. The standard InChI is InChI=1S/C12H15N3O2S2/c1-8-12(18-9(2)15-8)7-14-10-4-3-5-11(6-10)19(13,16)17/h3-6,14H,7H2,1-2H3,(H2,13,16,17). The zero-order chi connectivity index (χ0) is 14.0. The van der Waals surface area contributed by atoms with Crippen LogP contribution in [0.5, 0.6) is 0 Å².